The van der Waals surface area contributed by atoms with Crippen LogP contribution in [0.25, 0.3) is 5.69 Å². The van der Waals surface area contributed by atoms with Crippen molar-refractivity contribution < 1.29 is 14.3 Å². The van der Waals surface area contributed by atoms with Crippen molar-refractivity contribution in [2.75, 3.05) is 0 Å². The molecule has 0 bridgehead atoms. The van der Waals surface area contributed by atoms with E-state index in [1.807, 2.05) is 20.8 Å². The highest BCUT2D eigenvalue weighted by molar-refractivity contribution is 5.83. The summed E-state index contributed by atoms with van der Waals surface area (Å²) >= 11 is 0. The van der Waals surface area contributed by atoms with Gasteiger partial charge in [-0.05, 0) is 24.3 Å². The number of hydrogen-bond acceptors (Lipinski definition) is 3. The number of aromatic nitrogens is 3. The van der Waals surface area contributed by atoms with Crippen LogP contribution in [0.2, 0.25) is 0 Å². The Labute approximate surface area is 109 Å². The fourth-order valence-corrected chi connectivity index (χ4v) is 1.65. The van der Waals surface area contributed by atoms with Crippen LogP contribution >= 0.6 is 0 Å². The average molecular weight is 263 g/mol. The van der Waals surface area contributed by atoms with Gasteiger partial charge in [0, 0.05) is 5.41 Å². The standard InChI is InChI=1S/C13H14FN3O2/c1-13(2,3)12-15-10(11(18)19)16-17(12)9-6-4-8(14)5-7-9/h4-7H,1-3H3,(H,18,19). The number of hydrogen-bond donors (Lipinski definition) is 1. The molecule has 6 heteroatoms. The second kappa shape index (κ2) is 4.46. The molecule has 2 aromatic rings. The largest absolute Gasteiger partial charge is 0.475 e. The summed E-state index contributed by atoms with van der Waals surface area (Å²) in [5, 5.41) is 12.9. The number of carbonyl (C=O) groups is 1. The summed E-state index contributed by atoms with van der Waals surface area (Å²) in [6.07, 6.45) is 0. The van der Waals surface area contributed by atoms with Crippen molar-refractivity contribution in [3.8, 4) is 5.69 Å². The fraction of sp³-hybridized carbons (Fsp3) is 0.308. The van der Waals surface area contributed by atoms with Crippen molar-refractivity contribution in [3.63, 3.8) is 0 Å². The monoisotopic (exact) mass is 263 g/mol. The third-order valence-electron chi connectivity index (χ3n) is 2.54. The third kappa shape index (κ3) is 2.62. The molecular weight excluding hydrogens is 249 g/mol. The van der Waals surface area contributed by atoms with Crippen molar-refractivity contribution >= 4 is 5.97 Å². The van der Waals surface area contributed by atoms with Crippen molar-refractivity contribution in [2.24, 2.45) is 0 Å². The Bertz CT molecular complexity index is 612. The molecule has 0 saturated heterocycles. The number of nitrogens with zero attached hydrogens (tertiary/aromatic N) is 3. The molecule has 2 rings (SSSR count). The maximum absolute atomic E-state index is 12.9. The molecule has 0 aliphatic carbocycles. The minimum Gasteiger partial charge on any atom is -0.475 e. The highest BCUT2D eigenvalue weighted by Crippen LogP contribution is 2.23. The van der Waals surface area contributed by atoms with E-state index < -0.39 is 5.97 Å². The molecule has 1 aromatic carbocycles. The van der Waals surface area contributed by atoms with Gasteiger partial charge in [-0.25, -0.2) is 18.9 Å². The van der Waals surface area contributed by atoms with Crippen LogP contribution in [0.5, 0.6) is 0 Å². The summed E-state index contributed by atoms with van der Waals surface area (Å²) in [5.74, 6) is -1.31. The van der Waals surface area contributed by atoms with Crippen molar-refractivity contribution in [2.45, 2.75) is 26.2 Å². The molecule has 1 N–H and O–H groups in total. The van der Waals surface area contributed by atoms with Gasteiger partial charge >= 0.3 is 5.97 Å². The summed E-state index contributed by atoms with van der Waals surface area (Å²) in [6, 6.07) is 5.66. The van der Waals surface area contributed by atoms with Gasteiger partial charge in [0.2, 0.25) is 0 Å². The number of carboxylic acids is 1. The first-order chi connectivity index (χ1) is 8.79. The molecule has 0 fully saturated rings. The molecule has 0 aliphatic rings. The smallest absolute Gasteiger partial charge is 0.375 e. The summed E-state index contributed by atoms with van der Waals surface area (Å²) in [4.78, 5) is 15.0. The number of aromatic carboxylic acids is 1. The summed E-state index contributed by atoms with van der Waals surface area (Å²) in [7, 11) is 0. The van der Waals surface area contributed by atoms with Gasteiger partial charge in [-0.2, -0.15) is 0 Å². The van der Waals surface area contributed by atoms with E-state index in [4.69, 9.17) is 5.11 Å². The molecule has 0 radical (unpaired) electrons. The molecule has 0 atom stereocenters. The summed E-state index contributed by atoms with van der Waals surface area (Å²) < 4.78 is 14.4. The van der Waals surface area contributed by atoms with E-state index in [2.05, 4.69) is 10.1 Å². The molecule has 0 saturated carbocycles. The topological polar surface area (TPSA) is 68.0 Å². The van der Waals surface area contributed by atoms with Gasteiger partial charge < -0.3 is 5.11 Å². The Morgan fingerprint density at radius 3 is 2.32 bits per heavy atom. The molecule has 5 nitrogen and oxygen atoms in total. The van der Waals surface area contributed by atoms with Gasteiger partial charge in [-0.3, -0.25) is 0 Å². The van der Waals surface area contributed by atoms with Crippen LogP contribution in [0.4, 0.5) is 4.39 Å². The van der Waals surface area contributed by atoms with E-state index in [1.54, 1.807) is 0 Å². The van der Waals surface area contributed by atoms with Gasteiger partial charge in [-0.1, -0.05) is 20.8 Å². The summed E-state index contributed by atoms with van der Waals surface area (Å²) in [6.45, 7) is 5.72. The maximum atomic E-state index is 12.9. The van der Waals surface area contributed by atoms with E-state index in [9.17, 15) is 9.18 Å². The maximum Gasteiger partial charge on any atom is 0.375 e. The van der Waals surface area contributed by atoms with Crippen molar-refractivity contribution in [1.82, 2.24) is 14.8 Å². The second-order valence-corrected chi connectivity index (χ2v) is 5.20. The lowest BCUT2D eigenvalue weighted by Crippen LogP contribution is -2.18. The molecule has 1 aromatic heterocycles. The van der Waals surface area contributed by atoms with E-state index >= 15 is 0 Å². The van der Waals surface area contributed by atoms with Gasteiger partial charge in [0.25, 0.3) is 5.82 Å². The fourth-order valence-electron chi connectivity index (χ4n) is 1.65. The lowest BCUT2D eigenvalue weighted by molar-refractivity contribution is 0.0683. The number of benzene rings is 1. The van der Waals surface area contributed by atoms with E-state index in [0.717, 1.165) is 0 Å². The van der Waals surface area contributed by atoms with E-state index in [1.165, 1.54) is 28.9 Å². The average Bonchev–Trinajstić information content (AvgIpc) is 2.74. The zero-order chi connectivity index (χ0) is 14.2. The third-order valence-corrected chi connectivity index (χ3v) is 2.54. The zero-order valence-electron chi connectivity index (χ0n) is 10.9. The Balaban J connectivity index is 2.61. The van der Waals surface area contributed by atoms with Crippen LogP contribution in [0.3, 0.4) is 0 Å². The number of carboxylic acid groups (broad SMARTS) is 1. The predicted molar refractivity (Wildman–Crippen MR) is 67.0 cm³/mol. The summed E-state index contributed by atoms with van der Waals surface area (Å²) in [5.41, 5.74) is 0.195. The van der Waals surface area contributed by atoms with Crippen LogP contribution in [0.15, 0.2) is 24.3 Å². The Morgan fingerprint density at radius 1 is 1.26 bits per heavy atom. The Morgan fingerprint density at radius 2 is 1.84 bits per heavy atom. The zero-order valence-corrected chi connectivity index (χ0v) is 10.9. The van der Waals surface area contributed by atoms with Gasteiger partial charge in [0.1, 0.15) is 11.6 Å². The first-order valence-corrected chi connectivity index (χ1v) is 5.76. The molecule has 0 spiro atoms. The molecular formula is C13H14FN3O2. The minimum atomic E-state index is -1.19. The highest BCUT2D eigenvalue weighted by atomic mass is 19.1. The predicted octanol–water partition coefficient (Wildman–Crippen LogP) is 2.40. The van der Waals surface area contributed by atoms with Gasteiger partial charge in [0.05, 0.1) is 5.69 Å². The molecule has 0 unspecified atom stereocenters. The van der Waals surface area contributed by atoms with Crippen LogP contribution in [0, 0.1) is 5.82 Å². The SMILES string of the molecule is CC(C)(C)c1nc(C(=O)O)nn1-c1ccc(F)cc1. The van der Waals surface area contributed by atoms with Crippen LogP contribution in [-0.2, 0) is 5.41 Å². The first-order valence-electron chi connectivity index (χ1n) is 5.76. The van der Waals surface area contributed by atoms with E-state index in [0.29, 0.717) is 11.5 Å². The first kappa shape index (κ1) is 13.2. The van der Waals surface area contributed by atoms with Gasteiger partial charge in [-0.15, -0.1) is 5.10 Å². The number of halogens is 1. The Kier molecular flexibility index (Phi) is 3.09. The molecule has 0 amide bonds. The van der Waals surface area contributed by atoms with Crippen LogP contribution < -0.4 is 0 Å². The van der Waals surface area contributed by atoms with Crippen molar-refractivity contribution in [3.05, 3.63) is 41.7 Å². The van der Waals surface area contributed by atoms with E-state index in [-0.39, 0.29) is 17.1 Å². The lowest BCUT2D eigenvalue weighted by Gasteiger charge is -2.18. The second-order valence-electron chi connectivity index (χ2n) is 5.20. The quantitative estimate of drug-likeness (QED) is 0.903. The number of rotatable bonds is 2. The highest BCUT2D eigenvalue weighted by Gasteiger charge is 2.25. The van der Waals surface area contributed by atoms with Crippen LogP contribution in [0.1, 0.15) is 37.2 Å². The minimum absolute atomic E-state index is 0.269. The molecule has 1 heterocycles. The van der Waals surface area contributed by atoms with Crippen molar-refractivity contribution in [1.29, 1.82) is 0 Å². The Hall–Kier alpha value is -2.24. The van der Waals surface area contributed by atoms with Gasteiger partial charge in [0.15, 0.2) is 0 Å². The normalized spacial score (nSPS) is 11.6. The lowest BCUT2D eigenvalue weighted by atomic mass is 9.95. The molecule has 19 heavy (non-hydrogen) atoms. The van der Waals surface area contributed by atoms with Crippen LogP contribution in [-0.4, -0.2) is 25.8 Å². The molecule has 100 valence electrons. The molecule has 0 aliphatic heterocycles.